The number of halogens is 1. The van der Waals surface area contributed by atoms with Gasteiger partial charge in [0.2, 0.25) is 0 Å². The van der Waals surface area contributed by atoms with Crippen LogP contribution in [0.3, 0.4) is 0 Å². The fourth-order valence-electron chi connectivity index (χ4n) is 1.66. The number of hydrogen-bond donors (Lipinski definition) is 1. The molecular formula is C8H18ClN. The van der Waals surface area contributed by atoms with Gasteiger partial charge in [0.15, 0.2) is 0 Å². The molecule has 0 saturated heterocycles. The second-order valence-corrected chi connectivity index (χ2v) is 3.26. The van der Waals surface area contributed by atoms with Gasteiger partial charge in [-0.2, -0.15) is 0 Å². The van der Waals surface area contributed by atoms with E-state index in [1.54, 1.807) is 0 Å². The minimum absolute atomic E-state index is 0. The molecule has 0 spiro atoms. The van der Waals surface area contributed by atoms with Crippen LogP contribution in [0.15, 0.2) is 0 Å². The van der Waals surface area contributed by atoms with Crippen LogP contribution >= 0.6 is 12.4 Å². The van der Waals surface area contributed by atoms with E-state index in [0.717, 1.165) is 5.92 Å². The highest BCUT2D eigenvalue weighted by molar-refractivity contribution is 5.85. The van der Waals surface area contributed by atoms with E-state index < -0.39 is 0 Å². The van der Waals surface area contributed by atoms with Gasteiger partial charge in [0.25, 0.3) is 0 Å². The monoisotopic (exact) mass is 163 g/mol. The fraction of sp³-hybridized carbons (Fsp3) is 1.00. The van der Waals surface area contributed by atoms with Crippen molar-refractivity contribution < 1.29 is 0 Å². The molecule has 0 radical (unpaired) electrons. The lowest BCUT2D eigenvalue weighted by Gasteiger charge is -2.24. The molecular weight excluding hydrogens is 146 g/mol. The Hall–Kier alpha value is 0.250. The molecule has 1 saturated carbocycles. The molecule has 1 fully saturated rings. The highest BCUT2D eigenvalue weighted by Crippen LogP contribution is 2.25. The Morgan fingerprint density at radius 2 is 1.70 bits per heavy atom. The molecule has 1 atom stereocenters. The van der Waals surface area contributed by atoms with E-state index >= 15 is 0 Å². The molecule has 1 aliphatic rings. The van der Waals surface area contributed by atoms with Crippen LogP contribution in [0.1, 0.15) is 39.0 Å². The first-order chi connectivity index (χ1) is 4.30. The van der Waals surface area contributed by atoms with Gasteiger partial charge in [-0.15, -0.1) is 12.4 Å². The van der Waals surface area contributed by atoms with E-state index in [1.807, 2.05) is 0 Å². The molecule has 0 heterocycles. The Labute approximate surface area is 69.8 Å². The number of nitrogens with two attached hydrogens (primary N) is 1. The molecule has 0 aromatic rings. The fourth-order valence-corrected chi connectivity index (χ4v) is 1.66. The normalized spacial score (nSPS) is 23.4. The highest BCUT2D eigenvalue weighted by atomic mass is 35.5. The van der Waals surface area contributed by atoms with Crippen LogP contribution in [-0.4, -0.2) is 6.04 Å². The van der Waals surface area contributed by atoms with Crippen LogP contribution in [-0.2, 0) is 0 Å². The van der Waals surface area contributed by atoms with Gasteiger partial charge >= 0.3 is 0 Å². The Balaban J connectivity index is 0.000000810. The first kappa shape index (κ1) is 10.2. The summed E-state index contributed by atoms with van der Waals surface area (Å²) in [7, 11) is 0. The third-order valence-corrected chi connectivity index (χ3v) is 2.39. The van der Waals surface area contributed by atoms with Crippen LogP contribution in [0.25, 0.3) is 0 Å². The zero-order valence-corrected chi connectivity index (χ0v) is 7.49. The molecule has 1 nitrogen and oxygen atoms in total. The molecule has 2 N–H and O–H groups in total. The summed E-state index contributed by atoms with van der Waals surface area (Å²) in [5.41, 5.74) is 5.77. The Bertz CT molecular complexity index is 77.3. The highest BCUT2D eigenvalue weighted by Gasteiger charge is 2.16. The summed E-state index contributed by atoms with van der Waals surface area (Å²) in [6, 6.07) is 0.435. The van der Waals surface area contributed by atoms with E-state index in [0.29, 0.717) is 6.04 Å². The van der Waals surface area contributed by atoms with Crippen molar-refractivity contribution in [3.05, 3.63) is 0 Å². The number of rotatable bonds is 1. The van der Waals surface area contributed by atoms with E-state index in [2.05, 4.69) is 6.92 Å². The second kappa shape index (κ2) is 4.97. The van der Waals surface area contributed by atoms with Gasteiger partial charge in [0.05, 0.1) is 0 Å². The molecule has 1 rings (SSSR count). The summed E-state index contributed by atoms with van der Waals surface area (Å²) in [4.78, 5) is 0. The maximum Gasteiger partial charge on any atom is 0.00387 e. The third kappa shape index (κ3) is 2.89. The van der Waals surface area contributed by atoms with Crippen molar-refractivity contribution in [3.8, 4) is 0 Å². The second-order valence-electron chi connectivity index (χ2n) is 3.26. The molecule has 1 unspecified atom stereocenters. The quantitative estimate of drug-likeness (QED) is 0.631. The smallest absolute Gasteiger partial charge is 0.00387 e. The Kier molecular flexibility index (Phi) is 5.10. The first-order valence-electron chi connectivity index (χ1n) is 4.06. The van der Waals surface area contributed by atoms with Gasteiger partial charge in [0.1, 0.15) is 0 Å². The van der Waals surface area contributed by atoms with Crippen LogP contribution in [0.2, 0.25) is 0 Å². The largest absolute Gasteiger partial charge is 0.328 e. The molecule has 0 amide bonds. The maximum atomic E-state index is 5.77. The van der Waals surface area contributed by atoms with Crippen LogP contribution < -0.4 is 5.73 Å². The van der Waals surface area contributed by atoms with E-state index in [-0.39, 0.29) is 12.4 Å². The lowest BCUT2D eigenvalue weighted by atomic mass is 9.85. The summed E-state index contributed by atoms with van der Waals surface area (Å²) >= 11 is 0. The van der Waals surface area contributed by atoms with Crippen molar-refractivity contribution in [1.29, 1.82) is 0 Å². The molecule has 62 valence electrons. The van der Waals surface area contributed by atoms with Crippen molar-refractivity contribution in [2.24, 2.45) is 11.7 Å². The van der Waals surface area contributed by atoms with Crippen molar-refractivity contribution in [2.75, 3.05) is 0 Å². The number of hydrogen-bond acceptors (Lipinski definition) is 1. The van der Waals surface area contributed by atoms with Gasteiger partial charge in [-0.05, 0) is 25.7 Å². The van der Waals surface area contributed by atoms with E-state index in [9.17, 15) is 0 Å². The van der Waals surface area contributed by atoms with Crippen molar-refractivity contribution in [1.82, 2.24) is 0 Å². The molecule has 2 heteroatoms. The molecule has 0 aromatic carbocycles. The minimum Gasteiger partial charge on any atom is -0.328 e. The molecule has 1 aliphatic carbocycles. The summed E-state index contributed by atoms with van der Waals surface area (Å²) in [5, 5.41) is 0. The zero-order chi connectivity index (χ0) is 6.69. The third-order valence-electron chi connectivity index (χ3n) is 2.39. The van der Waals surface area contributed by atoms with Crippen LogP contribution in [0, 0.1) is 5.92 Å². The van der Waals surface area contributed by atoms with E-state index in [1.165, 1.54) is 32.1 Å². The average molecular weight is 164 g/mol. The SMILES string of the molecule is CC(N)C1CCCCC1.Cl. The van der Waals surface area contributed by atoms with Crippen molar-refractivity contribution in [2.45, 2.75) is 45.1 Å². The van der Waals surface area contributed by atoms with Gasteiger partial charge in [0, 0.05) is 6.04 Å². The summed E-state index contributed by atoms with van der Waals surface area (Å²) in [6.45, 7) is 2.13. The van der Waals surface area contributed by atoms with Gasteiger partial charge in [-0.3, -0.25) is 0 Å². The average Bonchev–Trinajstić information content (AvgIpc) is 1.90. The lowest BCUT2D eigenvalue weighted by molar-refractivity contribution is 0.316. The topological polar surface area (TPSA) is 26.0 Å². The maximum absolute atomic E-state index is 5.77. The lowest BCUT2D eigenvalue weighted by Crippen LogP contribution is -2.27. The standard InChI is InChI=1S/C8H17N.ClH/c1-7(9)8-5-3-2-4-6-8;/h7-8H,2-6,9H2,1H3;1H. The summed E-state index contributed by atoms with van der Waals surface area (Å²) in [5.74, 6) is 0.832. The minimum atomic E-state index is 0. The first-order valence-corrected chi connectivity index (χ1v) is 4.06. The van der Waals surface area contributed by atoms with Crippen molar-refractivity contribution in [3.63, 3.8) is 0 Å². The van der Waals surface area contributed by atoms with Gasteiger partial charge in [-0.1, -0.05) is 19.3 Å². The predicted molar refractivity (Wildman–Crippen MR) is 47.5 cm³/mol. The molecule has 0 bridgehead atoms. The Morgan fingerprint density at radius 3 is 2.00 bits per heavy atom. The summed E-state index contributed by atoms with van der Waals surface area (Å²) in [6.07, 6.45) is 7.00. The predicted octanol–water partition coefficient (Wildman–Crippen LogP) is 2.34. The molecule has 10 heavy (non-hydrogen) atoms. The van der Waals surface area contributed by atoms with Crippen molar-refractivity contribution >= 4 is 12.4 Å². The van der Waals surface area contributed by atoms with Gasteiger partial charge in [-0.25, -0.2) is 0 Å². The van der Waals surface area contributed by atoms with Gasteiger partial charge < -0.3 is 5.73 Å². The van der Waals surface area contributed by atoms with Crippen LogP contribution in [0.5, 0.6) is 0 Å². The Morgan fingerprint density at radius 1 is 1.20 bits per heavy atom. The van der Waals surface area contributed by atoms with Crippen LogP contribution in [0.4, 0.5) is 0 Å². The zero-order valence-electron chi connectivity index (χ0n) is 6.68. The molecule has 0 aromatic heterocycles. The molecule has 0 aliphatic heterocycles. The van der Waals surface area contributed by atoms with E-state index in [4.69, 9.17) is 5.73 Å². The summed E-state index contributed by atoms with van der Waals surface area (Å²) < 4.78 is 0.